The molecule has 0 fully saturated rings. The summed E-state index contributed by atoms with van der Waals surface area (Å²) in [5.74, 6) is -0.301. The van der Waals surface area contributed by atoms with Gasteiger partial charge < -0.3 is 0 Å². The molecule has 3 heteroatoms. The lowest BCUT2D eigenvalue weighted by atomic mass is 10.3. The number of rotatable bonds is 2. The molecule has 0 aliphatic heterocycles. The number of nitrogens with zero attached hydrogens (tertiary/aromatic N) is 2. The maximum absolute atomic E-state index is 10.9. The van der Waals surface area contributed by atoms with Gasteiger partial charge in [-0.25, -0.2) is 4.90 Å². The Morgan fingerprint density at radius 1 is 1.80 bits per heavy atom. The van der Waals surface area contributed by atoms with E-state index in [4.69, 9.17) is 5.26 Å². The number of hydrogen-bond donors (Lipinski definition) is 0. The molecule has 0 unspecified atom stereocenters. The topological polar surface area (TPSA) is 44.1 Å². The van der Waals surface area contributed by atoms with E-state index in [1.807, 2.05) is 0 Å². The Labute approximate surface area is 60.6 Å². The minimum Gasteiger partial charge on any atom is -0.268 e. The highest BCUT2D eigenvalue weighted by Crippen LogP contribution is 1.95. The first-order valence-corrected chi connectivity index (χ1v) is 3.00. The highest BCUT2D eigenvalue weighted by Gasteiger charge is 2.09. The molecule has 0 radical (unpaired) electrons. The van der Waals surface area contributed by atoms with Crippen LogP contribution in [0.15, 0.2) is 12.2 Å². The second-order valence-corrected chi connectivity index (χ2v) is 1.93. The molecule has 0 bridgehead atoms. The Morgan fingerprint density at radius 2 is 2.30 bits per heavy atom. The van der Waals surface area contributed by atoms with Crippen LogP contribution in [0, 0.1) is 11.5 Å². The molecule has 0 rings (SSSR count). The Hall–Kier alpha value is -1.30. The number of hydrogen-bond acceptors (Lipinski definition) is 2. The van der Waals surface area contributed by atoms with E-state index in [2.05, 4.69) is 6.58 Å². The third kappa shape index (κ3) is 1.90. The van der Waals surface area contributed by atoms with Crippen molar-refractivity contribution in [2.45, 2.75) is 13.8 Å². The number of nitriles is 1. The van der Waals surface area contributed by atoms with Crippen molar-refractivity contribution in [3.8, 4) is 6.19 Å². The molecule has 1 amide bonds. The maximum atomic E-state index is 10.9. The van der Waals surface area contributed by atoms with E-state index in [0.29, 0.717) is 12.1 Å². The van der Waals surface area contributed by atoms with Crippen LogP contribution in [-0.2, 0) is 4.79 Å². The fraction of sp³-hybridized carbons (Fsp3) is 0.429. The predicted octanol–water partition coefficient (Wildman–Crippen LogP) is 0.892. The van der Waals surface area contributed by atoms with E-state index < -0.39 is 0 Å². The van der Waals surface area contributed by atoms with Crippen molar-refractivity contribution >= 4 is 5.91 Å². The molecule has 54 valence electrons. The van der Waals surface area contributed by atoms with Crippen LogP contribution in [0.1, 0.15) is 13.8 Å². The van der Waals surface area contributed by atoms with Crippen LogP contribution in [0.4, 0.5) is 0 Å². The molecule has 0 aliphatic rings. The quantitative estimate of drug-likeness (QED) is 0.323. The minimum absolute atomic E-state index is 0.301. The largest absolute Gasteiger partial charge is 0.268 e. The van der Waals surface area contributed by atoms with Crippen LogP contribution in [0.25, 0.3) is 0 Å². The fourth-order valence-electron chi connectivity index (χ4n) is 0.490. The Morgan fingerprint density at radius 3 is 2.40 bits per heavy atom. The van der Waals surface area contributed by atoms with Gasteiger partial charge in [0.2, 0.25) is 0 Å². The molecular weight excluding hydrogens is 128 g/mol. The van der Waals surface area contributed by atoms with E-state index in [1.165, 1.54) is 0 Å². The van der Waals surface area contributed by atoms with Gasteiger partial charge >= 0.3 is 0 Å². The average molecular weight is 138 g/mol. The number of carbonyl (C=O) groups excluding carboxylic acids is 1. The third-order valence-corrected chi connectivity index (χ3v) is 1.05. The highest BCUT2D eigenvalue weighted by atomic mass is 16.2. The molecule has 0 saturated carbocycles. The molecule has 0 aromatic carbocycles. The minimum atomic E-state index is -0.301. The first-order chi connectivity index (χ1) is 4.63. The van der Waals surface area contributed by atoms with E-state index in [9.17, 15) is 4.79 Å². The van der Waals surface area contributed by atoms with E-state index >= 15 is 0 Å². The second kappa shape index (κ2) is 3.67. The second-order valence-electron chi connectivity index (χ2n) is 1.93. The van der Waals surface area contributed by atoms with E-state index in [-0.39, 0.29) is 5.91 Å². The van der Waals surface area contributed by atoms with Crippen LogP contribution >= 0.6 is 0 Å². The number of likely N-dealkylation sites (N-methyl/N-ethyl adjacent to an activating group) is 1. The first kappa shape index (κ1) is 8.70. The van der Waals surface area contributed by atoms with Gasteiger partial charge in [0.25, 0.3) is 5.91 Å². The standard InChI is InChI=1S/C7H10N2O/c1-4-9(5-8)7(10)6(2)3/h2,4H2,1,3H3. The third-order valence-electron chi connectivity index (χ3n) is 1.05. The monoisotopic (exact) mass is 138 g/mol. The summed E-state index contributed by atoms with van der Waals surface area (Å²) in [5, 5.41) is 8.36. The molecule has 0 aromatic rings. The van der Waals surface area contributed by atoms with Gasteiger partial charge in [0.15, 0.2) is 6.19 Å². The van der Waals surface area contributed by atoms with Crippen molar-refractivity contribution in [1.29, 1.82) is 5.26 Å². The lowest BCUT2D eigenvalue weighted by Crippen LogP contribution is -2.25. The zero-order valence-electron chi connectivity index (χ0n) is 6.22. The summed E-state index contributed by atoms with van der Waals surface area (Å²) >= 11 is 0. The summed E-state index contributed by atoms with van der Waals surface area (Å²) < 4.78 is 0. The van der Waals surface area contributed by atoms with Gasteiger partial charge in [-0.1, -0.05) is 6.58 Å². The van der Waals surface area contributed by atoms with Crippen LogP contribution in [-0.4, -0.2) is 17.4 Å². The lowest BCUT2D eigenvalue weighted by Gasteiger charge is -2.08. The summed E-state index contributed by atoms with van der Waals surface area (Å²) in [6, 6.07) is 0. The van der Waals surface area contributed by atoms with Gasteiger partial charge in [-0.05, 0) is 13.8 Å². The number of carbonyl (C=O) groups is 1. The van der Waals surface area contributed by atoms with Crippen molar-refractivity contribution in [3.05, 3.63) is 12.2 Å². The van der Waals surface area contributed by atoms with Crippen molar-refractivity contribution < 1.29 is 4.79 Å². The normalized spacial score (nSPS) is 8.10. The molecule has 0 N–H and O–H groups in total. The van der Waals surface area contributed by atoms with E-state index in [1.54, 1.807) is 20.0 Å². The maximum Gasteiger partial charge on any atom is 0.261 e. The van der Waals surface area contributed by atoms with Gasteiger partial charge in [-0.3, -0.25) is 4.79 Å². The van der Waals surface area contributed by atoms with Gasteiger partial charge in [0, 0.05) is 12.1 Å². The van der Waals surface area contributed by atoms with Crippen molar-refractivity contribution in [2.75, 3.05) is 6.54 Å². The smallest absolute Gasteiger partial charge is 0.261 e. The molecule has 0 spiro atoms. The number of amides is 1. The van der Waals surface area contributed by atoms with Crippen molar-refractivity contribution in [1.82, 2.24) is 4.90 Å². The first-order valence-electron chi connectivity index (χ1n) is 3.00. The SMILES string of the molecule is C=C(C)C(=O)N(C#N)CC. The molecule has 10 heavy (non-hydrogen) atoms. The zero-order valence-corrected chi connectivity index (χ0v) is 6.22. The summed E-state index contributed by atoms with van der Waals surface area (Å²) in [4.78, 5) is 12.0. The molecule has 0 aromatic heterocycles. The molecule has 3 nitrogen and oxygen atoms in total. The van der Waals surface area contributed by atoms with Gasteiger partial charge in [-0.15, -0.1) is 0 Å². The fourth-order valence-corrected chi connectivity index (χ4v) is 0.490. The van der Waals surface area contributed by atoms with Crippen LogP contribution in [0.5, 0.6) is 0 Å². The van der Waals surface area contributed by atoms with E-state index in [0.717, 1.165) is 4.90 Å². The highest BCUT2D eigenvalue weighted by molar-refractivity contribution is 5.93. The summed E-state index contributed by atoms with van der Waals surface area (Å²) in [7, 11) is 0. The Kier molecular flexibility index (Phi) is 3.20. The van der Waals surface area contributed by atoms with Gasteiger partial charge in [0.05, 0.1) is 0 Å². The molecule has 0 aliphatic carbocycles. The molecule has 0 atom stereocenters. The Bertz CT molecular complexity index is 190. The predicted molar refractivity (Wildman–Crippen MR) is 37.8 cm³/mol. The lowest BCUT2D eigenvalue weighted by molar-refractivity contribution is -0.123. The summed E-state index contributed by atoms with van der Waals surface area (Å²) in [5.41, 5.74) is 0.392. The molecule has 0 saturated heterocycles. The Balaban J connectivity index is 4.20. The van der Waals surface area contributed by atoms with Crippen LogP contribution < -0.4 is 0 Å². The molecular formula is C7H10N2O. The van der Waals surface area contributed by atoms with Gasteiger partial charge in [-0.2, -0.15) is 5.26 Å². The molecule has 0 heterocycles. The zero-order chi connectivity index (χ0) is 8.15. The van der Waals surface area contributed by atoms with Crippen LogP contribution in [0.3, 0.4) is 0 Å². The summed E-state index contributed by atoms with van der Waals surface area (Å²) in [6.07, 6.45) is 1.76. The average Bonchev–Trinajstić information content (AvgIpc) is 1.90. The van der Waals surface area contributed by atoms with Crippen LogP contribution in [0.2, 0.25) is 0 Å². The van der Waals surface area contributed by atoms with Crippen molar-refractivity contribution in [2.24, 2.45) is 0 Å². The summed E-state index contributed by atoms with van der Waals surface area (Å²) in [6.45, 7) is 7.16. The van der Waals surface area contributed by atoms with Crippen molar-refractivity contribution in [3.63, 3.8) is 0 Å². The van der Waals surface area contributed by atoms with Gasteiger partial charge in [0.1, 0.15) is 0 Å².